The van der Waals surface area contributed by atoms with Gasteiger partial charge < -0.3 is 10.0 Å². The van der Waals surface area contributed by atoms with Gasteiger partial charge in [-0.1, -0.05) is 12.1 Å². The van der Waals surface area contributed by atoms with Crippen molar-refractivity contribution in [3.8, 4) is 0 Å². The average molecular weight is 237 g/mol. The summed E-state index contributed by atoms with van der Waals surface area (Å²) >= 11 is 1.50. The van der Waals surface area contributed by atoms with Gasteiger partial charge in [0.15, 0.2) is 0 Å². The first kappa shape index (κ1) is 11.0. The molecule has 0 saturated heterocycles. The van der Waals surface area contributed by atoms with Gasteiger partial charge in [0.2, 0.25) is 5.91 Å². The molecule has 1 aromatic carbocycles. The van der Waals surface area contributed by atoms with Gasteiger partial charge >= 0.3 is 5.97 Å². The fourth-order valence-electron chi connectivity index (χ4n) is 1.61. The van der Waals surface area contributed by atoms with Crippen molar-refractivity contribution in [1.82, 2.24) is 0 Å². The van der Waals surface area contributed by atoms with Crippen LogP contribution in [0.5, 0.6) is 0 Å². The Balaban J connectivity index is 2.23. The smallest absolute Gasteiger partial charge is 0.305 e. The number of rotatable bonds is 3. The SMILES string of the molecule is O=C(O)CCN1C(=O)CSc2ccccc21. The number of carbonyl (C=O) groups is 2. The van der Waals surface area contributed by atoms with Gasteiger partial charge in [0, 0.05) is 11.4 Å². The summed E-state index contributed by atoms with van der Waals surface area (Å²) in [6.45, 7) is 0.242. The van der Waals surface area contributed by atoms with Gasteiger partial charge in [-0.3, -0.25) is 9.59 Å². The second-order valence-corrected chi connectivity index (χ2v) is 4.46. The van der Waals surface area contributed by atoms with Crippen molar-refractivity contribution in [2.45, 2.75) is 11.3 Å². The normalized spacial score (nSPS) is 14.8. The third-order valence-corrected chi connectivity index (χ3v) is 3.41. The van der Waals surface area contributed by atoms with Gasteiger partial charge in [-0.15, -0.1) is 11.8 Å². The van der Waals surface area contributed by atoms with Crippen LogP contribution in [-0.2, 0) is 9.59 Å². The zero-order valence-electron chi connectivity index (χ0n) is 8.55. The Bertz CT molecular complexity index is 433. The molecule has 84 valence electrons. The van der Waals surface area contributed by atoms with Gasteiger partial charge in [0.25, 0.3) is 0 Å². The number of thioether (sulfide) groups is 1. The van der Waals surface area contributed by atoms with E-state index in [9.17, 15) is 9.59 Å². The van der Waals surface area contributed by atoms with E-state index in [1.807, 2.05) is 24.3 Å². The van der Waals surface area contributed by atoms with E-state index in [4.69, 9.17) is 5.11 Å². The number of hydrogen-bond acceptors (Lipinski definition) is 3. The summed E-state index contributed by atoms with van der Waals surface area (Å²) in [5.41, 5.74) is 0.824. The lowest BCUT2D eigenvalue weighted by molar-refractivity contribution is -0.136. The second kappa shape index (κ2) is 4.57. The Labute approximate surface area is 97.3 Å². The number of hydrogen-bond donors (Lipinski definition) is 1. The van der Waals surface area contributed by atoms with Crippen LogP contribution in [0.3, 0.4) is 0 Å². The molecule has 4 nitrogen and oxygen atoms in total. The number of nitrogens with zero attached hydrogens (tertiary/aromatic N) is 1. The molecule has 0 spiro atoms. The number of carbonyl (C=O) groups excluding carboxylic acids is 1. The van der Waals surface area contributed by atoms with E-state index in [0.29, 0.717) is 5.75 Å². The van der Waals surface area contributed by atoms with Gasteiger partial charge in [-0.25, -0.2) is 0 Å². The van der Waals surface area contributed by atoms with Crippen molar-refractivity contribution in [3.05, 3.63) is 24.3 Å². The second-order valence-electron chi connectivity index (χ2n) is 3.45. The zero-order valence-corrected chi connectivity index (χ0v) is 9.37. The summed E-state index contributed by atoms with van der Waals surface area (Å²) < 4.78 is 0. The predicted octanol–water partition coefficient (Wildman–Crippen LogP) is 1.60. The van der Waals surface area contributed by atoms with Crippen molar-refractivity contribution in [2.24, 2.45) is 0 Å². The molecule has 1 aromatic rings. The molecule has 1 aliphatic heterocycles. The molecule has 0 bridgehead atoms. The summed E-state index contributed by atoms with van der Waals surface area (Å²) in [4.78, 5) is 24.8. The number of amides is 1. The monoisotopic (exact) mass is 237 g/mol. The molecule has 1 amide bonds. The fourth-order valence-corrected chi connectivity index (χ4v) is 2.54. The first-order chi connectivity index (χ1) is 7.68. The summed E-state index contributed by atoms with van der Waals surface area (Å²) in [7, 11) is 0. The van der Waals surface area contributed by atoms with Gasteiger partial charge in [0.1, 0.15) is 0 Å². The average Bonchev–Trinajstić information content (AvgIpc) is 2.27. The molecule has 0 aliphatic carbocycles. The highest BCUT2D eigenvalue weighted by molar-refractivity contribution is 8.00. The van der Waals surface area contributed by atoms with Crippen molar-refractivity contribution in [1.29, 1.82) is 0 Å². The minimum absolute atomic E-state index is 0.0231. The first-order valence-electron chi connectivity index (χ1n) is 4.92. The van der Waals surface area contributed by atoms with Crippen LogP contribution in [0.15, 0.2) is 29.2 Å². The van der Waals surface area contributed by atoms with Crippen LogP contribution >= 0.6 is 11.8 Å². The Morgan fingerprint density at radius 1 is 1.44 bits per heavy atom. The highest BCUT2D eigenvalue weighted by Crippen LogP contribution is 2.34. The van der Waals surface area contributed by atoms with E-state index in [1.165, 1.54) is 11.8 Å². The number of anilines is 1. The summed E-state index contributed by atoms with van der Waals surface area (Å²) in [6.07, 6.45) is -0.0231. The van der Waals surface area contributed by atoms with Crippen LogP contribution in [0, 0.1) is 0 Å². The van der Waals surface area contributed by atoms with Crippen LogP contribution in [0.2, 0.25) is 0 Å². The first-order valence-corrected chi connectivity index (χ1v) is 5.91. The summed E-state index contributed by atoms with van der Waals surface area (Å²) in [6, 6.07) is 7.56. The standard InChI is InChI=1S/C11H11NO3S/c13-10-7-16-9-4-2-1-3-8(9)12(10)6-5-11(14)15/h1-4H,5-7H2,(H,14,15). The van der Waals surface area contributed by atoms with Crippen LogP contribution in [-0.4, -0.2) is 29.3 Å². The summed E-state index contributed by atoms with van der Waals surface area (Å²) in [5, 5.41) is 8.64. The number of fused-ring (bicyclic) bond motifs is 1. The molecule has 0 aromatic heterocycles. The highest BCUT2D eigenvalue weighted by Gasteiger charge is 2.24. The lowest BCUT2D eigenvalue weighted by Gasteiger charge is -2.28. The fraction of sp³-hybridized carbons (Fsp3) is 0.273. The van der Waals surface area contributed by atoms with Crippen LogP contribution in [0.25, 0.3) is 0 Å². The predicted molar refractivity (Wildman–Crippen MR) is 61.8 cm³/mol. The lowest BCUT2D eigenvalue weighted by Crippen LogP contribution is -2.36. The topological polar surface area (TPSA) is 57.6 Å². The molecular formula is C11H11NO3S. The number of carboxylic acid groups (broad SMARTS) is 1. The number of benzene rings is 1. The Kier molecular flexibility index (Phi) is 3.14. The maximum absolute atomic E-state index is 11.7. The maximum Gasteiger partial charge on any atom is 0.305 e. The van der Waals surface area contributed by atoms with Crippen molar-refractivity contribution < 1.29 is 14.7 Å². The molecule has 5 heteroatoms. The van der Waals surface area contributed by atoms with Gasteiger partial charge in [0.05, 0.1) is 17.9 Å². The molecule has 0 radical (unpaired) electrons. The van der Waals surface area contributed by atoms with E-state index in [0.717, 1.165) is 10.6 Å². The third-order valence-electron chi connectivity index (χ3n) is 2.36. The van der Waals surface area contributed by atoms with Crippen LogP contribution in [0.4, 0.5) is 5.69 Å². The van der Waals surface area contributed by atoms with Crippen molar-refractivity contribution >= 4 is 29.3 Å². The maximum atomic E-state index is 11.7. The minimum Gasteiger partial charge on any atom is -0.481 e. The number of aliphatic carboxylic acids is 1. The van der Waals surface area contributed by atoms with E-state index in [2.05, 4.69) is 0 Å². The van der Waals surface area contributed by atoms with Crippen LogP contribution < -0.4 is 4.90 Å². The van der Waals surface area contributed by atoms with Crippen molar-refractivity contribution in [2.75, 3.05) is 17.2 Å². The molecule has 0 fully saturated rings. The quantitative estimate of drug-likeness (QED) is 0.867. The van der Waals surface area contributed by atoms with E-state index in [1.54, 1.807) is 4.90 Å². The van der Waals surface area contributed by atoms with Crippen LogP contribution in [0.1, 0.15) is 6.42 Å². The molecule has 0 unspecified atom stereocenters. The number of carboxylic acids is 1. The Morgan fingerprint density at radius 3 is 2.94 bits per heavy atom. The minimum atomic E-state index is -0.886. The molecule has 1 N–H and O–H groups in total. The molecule has 1 aliphatic rings. The lowest BCUT2D eigenvalue weighted by atomic mass is 10.2. The van der Waals surface area contributed by atoms with Gasteiger partial charge in [-0.05, 0) is 12.1 Å². The van der Waals surface area contributed by atoms with E-state index in [-0.39, 0.29) is 18.9 Å². The Morgan fingerprint density at radius 2 is 2.19 bits per heavy atom. The molecule has 0 atom stereocenters. The third kappa shape index (κ3) is 2.19. The molecule has 1 heterocycles. The Hall–Kier alpha value is -1.49. The van der Waals surface area contributed by atoms with E-state index >= 15 is 0 Å². The van der Waals surface area contributed by atoms with E-state index < -0.39 is 5.97 Å². The molecule has 0 saturated carbocycles. The van der Waals surface area contributed by atoms with Crippen molar-refractivity contribution in [3.63, 3.8) is 0 Å². The number of para-hydroxylation sites is 1. The summed E-state index contributed by atoms with van der Waals surface area (Å²) in [5.74, 6) is -0.523. The molecule has 2 rings (SSSR count). The van der Waals surface area contributed by atoms with Gasteiger partial charge in [-0.2, -0.15) is 0 Å². The zero-order chi connectivity index (χ0) is 11.5. The highest BCUT2D eigenvalue weighted by atomic mass is 32.2. The largest absolute Gasteiger partial charge is 0.481 e. The molecular weight excluding hydrogens is 226 g/mol. The molecule has 16 heavy (non-hydrogen) atoms.